The van der Waals surface area contributed by atoms with Crippen LogP contribution in [-0.2, 0) is 4.79 Å². The lowest BCUT2D eigenvalue weighted by atomic mass is 9.95. The monoisotopic (exact) mass is 178 g/mol. The second-order valence-electron chi connectivity index (χ2n) is 4.28. The molecule has 0 aromatic rings. The van der Waals surface area contributed by atoms with Gasteiger partial charge in [-0.2, -0.15) is 0 Å². The maximum Gasteiger partial charge on any atom is 0.159 e. The van der Waals surface area contributed by atoms with Crippen molar-refractivity contribution in [1.29, 1.82) is 0 Å². The number of allylic oxidation sites excluding steroid dienone is 2. The smallest absolute Gasteiger partial charge is 0.159 e. The first-order valence-electron chi connectivity index (χ1n) is 5.58. The number of hydrogen-bond acceptors (Lipinski definition) is 1. The summed E-state index contributed by atoms with van der Waals surface area (Å²) in [5.74, 6) is 1.09. The highest BCUT2D eigenvalue weighted by Gasteiger charge is 2.31. The predicted octanol–water partition coefficient (Wildman–Crippen LogP) is 3.25. The standard InChI is InChI=1S/C12H18O/c1-2-10-11-7-5-3-4-6-9(11)8-12(10)13/h9H,2-8H2,1H3. The lowest BCUT2D eigenvalue weighted by molar-refractivity contribution is -0.115. The highest BCUT2D eigenvalue weighted by Crippen LogP contribution is 2.39. The molecule has 0 aromatic heterocycles. The zero-order chi connectivity index (χ0) is 9.26. The lowest BCUT2D eigenvalue weighted by Gasteiger charge is -2.09. The first kappa shape index (κ1) is 8.98. The van der Waals surface area contributed by atoms with Gasteiger partial charge in [-0.3, -0.25) is 4.79 Å². The molecule has 72 valence electrons. The second kappa shape index (κ2) is 3.65. The van der Waals surface area contributed by atoms with E-state index in [0.717, 1.165) is 12.8 Å². The maximum atomic E-state index is 11.6. The van der Waals surface area contributed by atoms with Crippen molar-refractivity contribution >= 4 is 5.78 Å². The minimum atomic E-state index is 0.449. The van der Waals surface area contributed by atoms with Gasteiger partial charge in [0.2, 0.25) is 0 Å². The van der Waals surface area contributed by atoms with Crippen LogP contribution >= 0.6 is 0 Å². The van der Waals surface area contributed by atoms with Gasteiger partial charge in [0.1, 0.15) is 0 Å². The van der Waals surface area contributed by atoms with Gasteiger partial charge in [0.15, 0.2) is 5.78 Å². The van der Waals surface area contributed by atoms with Crippen LogP contribution in [0, 0.1) is 5.92 Å². The van der Waals surface area contributed by atoms with E-state index >= 15 is 0 Å². The van der Waals surface area contributed by atoms with E-state index in [2.05, 4.69) is 6.92 Å². The van der Waals surface area contributed by atoms with Gasteiger partial charge in [-0.15, -0.1) is 0 Å². The van der Waals surface area contributed by atoms with E-state index < -0.39 is 0 Å². The van der Waals surface area contributed by atoms with E-state index in [9.17, 15) is 4.79 Å². The summed E-state index contributed by atoms with van der Waals surface area (Å²) in [5, 5.41) is 0. The molecule has 0 amide bonds. The number of ketones is 1. The number of Topliss-reactive ketones (excluding diaryl/α,β-unsaturated/α-hetero) is 1. The Morgan fingerprint density at radius 2 is 2.15 bits per heavy atom. The summed E-state index contributed by atoms with van der Waals surface area (Å²) >= 11 is 0. The summed E-state index contributed by atoms with van der Waals surface area (Å²) in [7, 11) is 0. The van der Waals surface area contributed by atoms with E-state index in [1.807, 2.05) is 0 Å². The summed E-state index contributed by atoms with van der Waals surface area (Å²) in [4.78, 5) is 11.6. The predicted molar refractivity (Wildman–Crippen MR) is 53.5 cm³/mol. The first-order chi connectivity index (χ1) is 6.33. The van der Waals surface area contributed by atoms with Crippen LogP contribution in [0.25, 0.3) is 0 Å². The maximum absolute atomic E-state index is 11.6. The van der Waals surface area contributed by atoms with Crippen molar-refractivity contribution < 1.29 is 4.79 Å². The molecule has 0 radical (unpaired) electrons. The number of carbonyl (C=O) groups excluding carboxylic acids is 1. The van der Waals surface area contributed by atoms with Crippen molar-refractivity contribution in [1.82, 2.24) is 0 Å². The zero-order valence-corrected chi connectivity index (χ0v) is 8.44. The van der Waals surface area contributed by atoms with Crippen LogP contribution in [0.4, 0.5) is 0 Å². The van der Waals surface area contributed by atoms with Gasteiger partial charge in [0, 0.05) is 6.42 Å². The largest absolute Gasteiger partial charge is 0.295 e. The summed E-state index contributed by atoms with van der Waals surface area (Å²) in [6, 6.07) is 0. The Labute approximate surface area is 80.2 Å². The molecule has 0 aliphatic heterocycles. The quantitative estimate of drug-likeness (QED) is 0.602. The van der Waals surface area contributed by atoms with Gasteiger partial charge >= 0.3 is 0 Å². The molecule has 1 heteroatoms. The van der Waals surface area contributed by atoms with Crippen molar-refractivity contribution in [3.63, 3.8) is 0 Å². The molecule has 2 aliphatic carbocycles. The molecule has 0 saturated heterocycles. The molecular weight excluding hydrogens is 160 g/mol. The third-order valence-corrected chi connectivity index (χ3v) is 3.50. The third kappa shape index (κ3) is 1.56. The number of carbonyl (C=O) groups is 1. The van der Waals surface area contributed by atoms with E-state index in [0.29, 0.717) is 11.7 Å². The average molecular weight is 178 g/mol. The van der Waals surface area contributed by atoms with E-state index in [1.165, 1.54) is 43.3 Å². The number of hydrogen-bond donors (Lipinski definition) is 0. The molecule has 1 fully saturated rings. The molecule has 13 heavy (non-hydrogen) atoms. The Morgan fingerprint density at radius 1 is 1.31 bits per heavy atom. The minimum absolute atomic E-state index is 0.449. The summed E-state index contributed by atoms with van der Waals surface area (Å²) in [6.45, 7) is 2.12. The van der Waals surface area contributed by atoms with Crippen LogP contribution < -0.4 is 0 Å². The number of fused-ring (bicyclic) bond motifs is 1. The van der Waals surface area contributed by atoms with Gasteiger partial charge in [0.25, 0.3) is 0 Å². The Morgan fingerprint density at radius 3 is 2.92 bits per heavy atom. The highest BCUT2D eigenvalue weighted by atomic mass is 16.1. The molecule has 1 nitrogen and oxygen atoms in total. The molecule has 2 aliphatic rings. The Bertz CT molecular complexity index is 250. The zero-order valence-electron chi connectivity index (χ0n) is 8.44. The van der Waals surface area contributed by atoms with E-state index in [4.69, 9.17) is 0 Å². The molecule has 0 N–H and O–H groups in total. The van der Waals surface area contributed by atoms with Crippen molar-refractivity contribution in [2.45, 2.75) is 51.9 Å². The van der Waals surface area contributed by atoms with Gasteiger partial charge in [-0.1, -0.05) is 25.3 Å². The molecule has 0 spiro atoms. The molecule has 1 saturated carbocycles. The molecule has 0 heterocycles. The highest BCUT2D eigenvalue weighted by molar-refractivity contribution is 5.99. The topological polar surface area (TPSA) is 17.1 Å². The fourth-order valence-corrected chi connectivity index (χ4v) is 2.83. The SMILES string of the molecule is CCC1=C2CCCCCC2CC1=O. The number of rotatable bonds is 1. The fraction of sp³-hybridized carbons (Fsp3) is 0.750. The van der Waals surface area contributed by atoms with E-state index in [1.54, 1.807) is 0 Å². The third-order valence-electron chi connectivity index (χ3n) is 3.50. The Hall–Kier alpha value is -0.590. The van der Waals surface area contributed by atoms with Crippen LogP contribution in [0.15, 0.2) is 11.1 Å². The van der Waals surface area contributed by atoms with Crippen molar-refractivity contribution in [3.8, 4) is 0 Å². The van der Waals surface area contributed by atoms with Crippen molar-refractivity contribution in [2.24, 2.45) is 5.92 Å². The first-order valence-corrected chi connectivity index (χ1v) is 5.58. The minimum Gasteiger partial charge on any atom is -0.295 e. The Balaban J connectivity index is 2.26. The second-order valence-corrected chi connectivity index (χ2v) is 4.28. The van der Waals surface area contributed by atoms with Gasteiger partial charge in [0.05, 0.1) is 0 Å². The van der Waals surface area contributed by atoms with Gasteiger partial charge in [-0.25, -0.2) is 0 Å². The molecule has 2 rings (SSSR count). The van der Waals surface area contributed by atoms with Crippen molar-refractivity contribution in [2.75, 3.05) is 0 Å². The average Bonchev–Trinajstić information content (AvgIpc) is 2.32. The molecule has 0 aromatic carbocycles. The molecule has 1 atom stereocenters. The summed E-state index contributed by atoms with van der Waals surface area (Å²) in [6.07, 6.45) is 8.28. The summed E-state index contributed by atoms with van der Waals surface area (Å²) < 4.78 is 0. The molecular formula is C12H18O. The van der Waals surface area contributed by atoms with Crippen LogP contribution in [0.2, 0.25) is 0 Å². The molecule has 0 bridgehead atoms. The normalized spacial score (nSPS) is 29.0. The van der Waals surface area contributed by atoms with Crippen LogP contribution in [0.3, 0.4) is 0 Å². The van der Waals surface area contributed by atoms with Gasteiger partial charge in [-0.05, 0) is 37.2 Å². The molecule has 1 unspecified atom stereocenters. The van der Waals surface area contributed by atoms with Crippen LogP contribution in [-0.4, -0.2) is 5.78 Å². The fourth-order valence-electron chi connectivity index (χ4n) is 2.83. The van der Waals surface area contributed by atoms with Crippen LogP contribution in [0.5, 0.6) is 0 Å². The van der Waals surface area contributed by atoms with E-state index in [-0.39, 0.29) is 0 Å². The lowest BCUT2D eigenvalue weighted by Crippen LogP contribution is -1.98. The van der Waals surface area contributed by atoms with Crippen LogP contribution in [0.1, 0.15) is 51.9 Å². The van der Waals surface area contributed by atoms with Gasteiger partial charge < -0.3 is 0 Å². The van der Waals surface area contributed by atoms with Crippen molar-refractivity contribution in [3.05, 3.63) is 11.1 Å². The summed E-state index contributed by atoms with van der Waals surface area (Å²) in [5.41, 5.74) is 2.72. The Kier molecular flexibility index (Phi) is 2.52.